The number of hydrogen-bond acceptors (Lipinski definition) is 6. The molecule has 0 radical (unpaired) electrons. The van der Waals surface area contributed by atoms with Crippen molar-refractivity contribution < 1.29 is 9.26 Å². The zero-order chi connectivity index (χ0) is 13.9. The molecule has 0 aromatic carbocycles. The summed E-state index contributed by atoms with van der Waals surface area (Å²) in [5.41, 5.74) is 0. The largest absolute Gasteiger partial charge is 0.374 e. The molecular weight excluding hydrogens is 274 g/mol. The minimum Gasteiger partial charge on any atom is -0.374 e. The molecule has 2 aromatic heterocycles. The standard InChI is InChI=1S/C14H19N3O2S/c1-10(18-2)14-15-13(19-16-14)9-17-7-3-5-11(17)12-6-4-8-20-12/h4,6,8,10-11H,3,5,7,9H2,1-2H3/t10-,11-/m0/s1. The summed E-state index contributed by atoms with van der Waals surface area (Å²) in [6.07, 6.45) is 2.30. The summed E-state index contributed by atoms with van der Waals surface area (Å²) in [6.45, 7) is 3.71. The molecule has 2 aromatic rings. The van der Waals surface area contributed by atoms with Crippen LogP contribution in [0.2, 0.25) is 0 Å². The quantitative estimate of drug-likeness (QED) is 0.847. The van der Waals surface area contributed by atoms with Crippen LogP contribution in [0.15, 0.2) is 22.0 Å². The molecule has 5 nitrogen and oxygen atoms in total. The third-order valence-corrected chi connectivity index (χ3v) is 4.75. The van der Waals surface area contributed by atoms with Gasteiger partial charge in [-0.1, -0.05) is 11.2 Å². The molecule has 0 saturated carbocycles. The maximum Gasteiger partial charge on any atom is 0.240 e. The SMILES string of the molecule is CO[C@@H](C)c1noc(CN2CCC[C@H]2c2cccs2)n1. The van der Waals surface area contributed by atoms with Crippen molar-refractivity contribution in [3.05, 3.63) is 34.1 Å². The molecule has 0 aliphatic carbocycles. The number of aromatic nitrogens is 2. The molecule has 0 N–H and O–H groups in total. The lowest BCUT2D eigenvalue weighted by Crippen LogP contribution is -2.22. The summed E-state index contributed by atoms with van der Waals surface area (Å²) in [5.74, 6) is 1.29. The van der Waals surface area contributed by atoms with Crippen LogP contribution in [0.4, 0.5) is 0 Å². The van der Waals surface area contributed by atoms with Crippen LogP contribution in [-0.2, 0) is 11.3 Å². The van der Waals surface area contributed by atoms with E-state index in [2.05, 4.69) is 32.6 Å². The second-order valence-electron chi connectivity index (χ2n) is 5.07. The zero-order valence-corrected chi connectivity index (χ0v) is 12.6. The topological polar surface area (TPSA) is 51.4 Å². The molecule has 1 aliphatic rings. The molecule has 1 fully saturated rings. The molecule has 3 heterocycles. The van der Waals surface area contributed by atoms with Gasteiger partial charge in [0, 0.05) is 18.0 Å². The average molecular weight is 293 g/mol. The van der Waals surface area contributed by atoms with E-state index in [0.717, 1.165) is 6.54 Å². The van der Waals surface area contributed by atoms with E-state index in [4.69, 9.17) is 9.26 Å². The van der Waals surface area contributed by atoms with Crippen molar-refractivity contribution in [2.75, 3.05) is 13.7 Å². The summed E-state index contributed by atoms with van der Waals surface area (Å²) < 4.78 is 10.5. The van der Waals surface area contributed by atoms with Crippen LogP contribution < -0.4 is 0 Å². The van der Waals surface area contributed by atoms with E-state index in [1.807, 2.05) is 18.3 Å². The van der Waals surface area contributed by atoms with E-state index in [9.17, 15) is 0 Å². The van der Waals surface area contributed by atoms with Gasteiger partial charge in [-0.05, 0) is 37.8 Å². The van der Waals surface area contributed by atoms with E-state index in [0.29, 0.717) is 24.3 Å². The predicted octanol–water partition coefficient (Wildman–Crippen LogP) is 3.18. The monoisotopic (exact) mass is 293 g/mol. The number of rotatable bonds is 5. The van der Waals surface area contributed by atoms with Crippen molar-refractivity contribution in [3.63, 3.8) is 0 Å². The number of hydrogen-bond donors (Lipinski definition) is 0. The first-order chi connectivity index (χ1) is 9.78. The van der Waals surface area contributed by atoms with Gasteiger partial charge in [0.25, 0.3) is 0 Å². The lowest BCUT2D eigenvalue weighted by Gasteiger charge is -2.21. The predicted molar refractivity (Wildman–Crippen MR) is 76.4 cm³/mol. The summed E-state index contributed by atoms with van der Waals surface area (Å²) in [5, 5.41) is 6.12. The molecule has 20 heavy (non-hydrogen) atoms. The molecule has 3 rings (SSSR count). The number of thiophene rings is 1. The van der Waals surface area contributed by atoms with Crippen LogP contribution in [-0.4, -0.2) is 28.7 Å². The Morgan fingerprint density at radius 2 is 2.50 bits per heavy atom. The van der Waals surface area contributed by atoms with Crippen LogP contribution in [0.1, 0.15) is 48.5 Å². The van der Waals surface area contributed by atoms with Crippen molar-refractivity contribution in [1.29, 1.82) is 0 Å². The molecular formula is C14H19N3O2S. The minimum absolute atomic E-state index is 0.126. The minimum atomic E-state index is -0.126. The molecule has 0 amide bonds. The highest BCUT2D eigenvalue weighted by Gasteiger charge is 2.28. The lowest BCUT2D eigenvalue weighted by atomic mass is 10.2. The third-order valence-electron chi connectivity index (χ3n) is 3.77. The summed E-state index contributed by atoms with van der Waals surface area (Å²) in [4.78, 5) is 8.26. The van der Waals surface area contributed by atoms with Crippen LogP contribution >= 0.6 is 11.3 Å². The number of methoxy groups -OCH3 is 1. The molecule has 2 atom stereocenters. The van der Waals surface area contributed by atoms with Crippen LogP contribution in [0.5, 0.6) is 0 Å². The van der Waals surface area contributed by atoms with Crippen LogP contribution in [0, 0.1) is 0 Å². The number of likely N-dealkylation sites (tertiary alicyclic amines) is 1. The Morgan fingerprint density at radius 1 is 1.60 bits per heavy atom. The van der Waals surface area contributed by atoms with Crippen LogP contribution in [0.3, 0.4) is 0 Å². The third kappa shape index (κ3) is 2.77. The fourth-order valence-corrected chi connectivity index (χ4v) is 3.49. The number of nitrogens with zero attached hydrogens (tertiary/aromatic N) is 3. The fraction of sp³-hybridized carbons (Fsp3) is 0.571. The highest BCUT2D eigenvalue weighted by Crippen LogP contribution is 2.35. The average Bonchev–Trinajstić information content (AvgIpc) is 3.18. The van der Waals surface area contributed by atoms with Crippen molar-refractivity contribution >= 4 is 11.3 Å². The van der Waals surface area contributed by atoms with Gasteiger partial charge in [-0.25, -0.2) is 0 Å². The highest BCUT2D eigenvalue weighted by atomic mass is 32.1. The molecule has 1 aliphatic heterocycles. The summed E-state index contributed by atoms with van der Waals surface area (Å²) in [7, 11) is 1.65. The Balaban J connectivity index is 1.69. The van der Waals surface area contributed by atoms with Gasteiger partial charge in [-0.15, -0.1) is 11.3 Å². The first kappa shape index (κ1) is 13.7. The second-order valence-corrected chi connectivity index (χ2v) is 6.05. The summed E-state index contributed by atoms with van der Waals surface area (Å²) >= 11 is 1.82. The smallest absolute Gasteiger partial charge is 0.240 e. The van der Waals surface area contributed by atoms with E-state index in [-0.39, 0.29) is 6.10 Å². The Kier molecular flexibility index (Phi) is 4.14. The van der Waals surface area contributed by atoms with Crippen molar-refractivity contribution in [2.24, 2.45) is 0 Å². The van der Waals surface area contributed by atoms with Gasteiger partial charge in [0.15, 0.2) is 5.82 Å². The van der Waals surface area contributed by atoms with E-state index in [1.165, 1.54) is 17.7 Å². The molecule has 108 valence electrons. The van der Waals surface area contributed by atoms with E-state index < -0.39 is 0 Å². The molecule has 6 heteroatoms. The van der Waals surface area contributed by atoms with E-state index in [1.54, 1.807) is 7.11 Å². The maximum absolute atomic E-state index is 5.34. The van der Waals surface area contributed by atoms with E-state index >= 15 is 0 Å². The molecule has 0 bridgehead atoms. The van der Waals surface area contributed by atoms with Crippen molar-refractivity contribution in [3.8, 4) is 0 Å². The Morgan fingerprint density at radius 3 is 3.25 bits per heavy atom. The van der Waals surface area contributed by atoms with Crippen molar-refractivity contribution in [1.82, 2.24) is 15.0 Å². The first-order valence-corrected chi connectivity index (χ1v) is 7.78. The van der Waals surface area contributed by atoms with Gasteiger partial charge in [-0.3, -0.25) is 4.90 Å². The van der Waals surface area contributed by atoms with Gasteiger partial charge in [0.1, 0.15) is 6.10 Å². The Labute approximate surface area is 122 Å². The zero-order valence-electron chi connectivity index (χ0n) is 11.8. The summed E-state index contributed by atoms with van der Waals surface area (Å²) in [6, 6.07) is 4.81. The van der Waals surface area contributed by atoms with Gasteiger partial charge in [0.2, 0.25) is 5.89 Å². The van der Waals surface area contributed by atoms with Crippen molar-refractivity contribution in [2.45, 2.75) is 38.5 Å². The lowest BCUT2D eigenvalue weighted by molar-refractivity contribution is 0.109. The molecule has 0 unspecified atom stereocenters. The van der Waals surface area contributed by atoms with Gasteiger partial charge >= 0.3 is 0 Å². The number of ether oxygens (including phenoxy) is 1. The fourth-order valence-electron chi connectivity index (χ4n) is 2.59. The Hall–Kier alpha value is -1.24. The first-order valence-electron chi connectivity index (χ1n) is 6.90. The molecule has 1 saturated heterocycles. The normalized spacial score (nSPS) is 21.4. The van der Waals surface area contributed by atoms with Gasteiger partial charge in [-0.2, -0.15) is 4.98 Å². The Bertz CT molecular complexity index is 540. The second kappa shape index (κ2) is 6.03. The van der Waals surface area contributed by atoms with Crippen LogP contribution in [0.25, 0.3) is 0 Å². The highest BCUT2D eigenvalue weighted by molar-refractivity contribution is 7.10. The van der Waals surface area contributed by atoms with Gasteiger partial charge in [0.05, 0.1) is 6.54 Å². The maximum atomic E-state index is 5.34. The molecule has 0 spiro atoms. The van der Waals surface area contributed by atoms with Gasteiger partial charge < -0.3 is 9.26 Å².